The van der Waals surface area contributed by atoms with Crippen molar-refractivity contribution in [1.82, 2.24) is 14.9 Å². The number of imidazole rings is 1. The van der Waals surface area contributed by atoms with Gasteiger partial charge in [0.25, 0.3) is 0 Å². The SMILES string of the molecule is CCc1nc(CN2CCCC(C(=O)c3ccccc3SC)C2)c(C)[nH]1. The molecule has 134 valence electrons. The Kier molecular flexibility index (Phi) is 5.97. The van der Waals surface area contributed by atoms with Gasteiger partial charge in [0.05, 0.1) is 5.69 Å². The monoisotopic (exact) mass is 357 g/mol. The molecule has 4 nitrogen and oxygen atoms in total. The minimum atomic E-state index is 0.0898. The van der Waals surface area contributed by atoms with Crippen LogP contribution >= 0.6 is 11.8 Å². The summed E-state index contributed by atoms with van der Waals surface area (Å²) in [6.07, 6.45) is 5.01. The Morgan fingerprint density at radius 3 is 2.92 bits per heavy atom. The third-order valence-electron chi connectivity index (χ3n) is 4.99. The molecular weight excluding hydrogens is 330 g/mol. The highest BCUT2D eigenvalue weighted by atomic mass is 32.2. The van der Waals surface area contributed by atoms with Crippen LogP contribution in [0.15, 0.2) is 29.2 Å². The summed E-state index contributed by atoms with van der Waals surface area (Å²) in [5.41, 5.74) is 3.15. The molecule has 5 heteroatoms. The van der Waals surface area contributed by atoms with E-state index in [4.69, 9.17) is 4.98 Å². The summed E-state index contributed by atoms with van der Waals surface area (Å²) in [4.78, 5) is 24.5. The van der Waals surface area contributed by atoms with Crippen LogP contribution in [0.2, 0.25) is 0 Å². The van der Waals surface area contributed by atoms with Gasteiger partial charge in [0.15, 0.2) is 5.78 Å². The van der Waals surface area contributed by atoms with E-state index in [0.29, 0.717) is 5.78 Å². The van der Waals surface area contributed by atoms with Crippen molar-refractivity contribution in [3.63, 3.8) is 0 Å². The molecule has 1 aliphatic rings. The Balaban J connectivity index is 1.70. The minimum Gasteiger partial charge on any atom is -0.346 e. The lowest BCUT2D eigenvalue weighted by atomic mass is 9.90. The molecule has 0 radical (unpaired) electrons. The van der Waals surface area contributed by atoms with Gasteiger partial charge in [-0.05, 0) is 38.6 Å². The summed E-state index contributed by atoms with van der Waals surface area (Å²) in [6, 6.07) is 7.98. The number of thioether (sulfide) groups is 1. The van der Waals surface area contributed by atoms with Crippen molar-refractivity contribution in [2.75, 3.05) is 19.3 Å². The lowest BCUT2D eigenvalue weighted by Gasteiger charge is -2.31. The number of Topliss-reactive ketones (excluding diaryl/α,β-unsaturated/α-hetero) is 1. The van der Waals surface area contributed by atoms with Crippen molar-refractivity contribution in [2.24, 2.45) is 5.92 Å². The number of nitrogens with zero attached hydrogens (tertiary/aromatic N) is 2. The molecule has 1 atom stereocenters. The molecule has 0 bridgehead atoms. The highest BCUT2D eigenvalue weighted by Gasteiger charge is 2.28. The van der Waals surface area contributed by atoms with Gasteiger partial charge < -0.3 is 4.98 Å². The normalized spacial score (nSPS) is 18.4. The summed E-state index contributed by atoms with van der Waals surface area (Å²) in [5.74, 6) is 1.43. The van der Waals surface area contributed by atoms with E-state index >= 15 is 0 Å². The van der Waals surface area contributed by atoms with Crippen LogP contribution < -0.4 is 0 Å². The number of likely N-dealkylation sites (tertiary alicyclic amines) is 1. The van der Waals surface area contributed by atoms with Crippen LogP contribution in [0.25, 0.3) is 0 Å². The van der Waals surface area contributed by atoms with Gasteiger partial charge in [0.2, 0.25) is 0 Å². The second kappa shape index (κ2) is 8.19. The number of nitrogens with one attached hydrogen (secondary N) is 1. The molecule has 3 rings (SSSR count). The number of benzene rings is 1. The van der Waals surface area contributed by atoms with E-state index in [1.165, 1.54) is 0 Å². The van der Waals surface area contributed by atoms with Crippen LogP contribution in [0.1, 0.15) is 47.3 Å². The molecule has 1 unspecified atom stereocenters. The third-order valence-corrected chi connectivity index (χ3v) is 5.79. The maximum atomic E-state index is 13.0. The highest BCUT2D eigenvalue weighted by molar-refractivity contribution is 7.98. The first-order chi connectivity index (χ1) is 12.1. The quantitative estimate of drug-likeness (QED) is 0.625. The number of hydrogen-bond donors (Lipinski definition) is 1. The fourth-order valence-corrected chi connectivity index (χ4v) is 4.18. The van der Waals surface area contributed by atoms with Gasteiger partial charge in [0, 0.05) is 41.6 Å². The Bertz CT molecular complexity index is 740. The third kappa shape index (κ3) is 4.15. The maximum absolute atomic E-state index is 13.0. The lowest BCUT2D eigenvalue weighted by molar-refractivity contribution is 0.0807. The summed E-state index contributed by atoms with van der Waals surface area (Å²) in [7, 11) is 0. The first kappa shape index (κ1) is 18.2. The average Bonchev–Trinajstić information content (AvgIpc) is 3.01. The fourth-order valence-electron chi connectivity index (χ4n) is 3.58. The van der Waals surface area contributed by atoms with Gasteiger partial charge in [0.1, 0.15) is 5.82 Å². The Hall–Kier alpha value is -1.59. The molecule has 1 aliphatic heterocycles. The number of aromatic nitrogens is 2. The van der Waals surface area contributed by atoms with Crippen molar-refractivity contribution >= 4 is 17.5 Å². The van der Waals surface area contributed by atoms with Crippen LogP contribution in [0.5, 0.6) is 0 Å². The number of aromatic amines is 1. The maximum Gasteiger partial charge on any atom is 0.168 e. The van der Waals surface area contributed by atoms with E-state index in [1.807, 2.05) is 30.5 Å². The molecule has 1 aromatic carbocycles. The predicted octanol–water partition coefficient (Wildman–Crippen LogP) is 4.10. The fraction of sp³-hybridized carbons (Fsp3) is 0.500. The molecule has 1 N–H and O–H groups in total. The summed E-state index contributed by atoms with van der Waals surface area (Å²) in [5, 5.41) is 0. The minimum absolute atomic E-state index is 0.0898. The summed E-state index contributed by atoms with van der Waals surface area (Å²) < 4.78 is 0. The number of aryl methyl sites for hydroxylation is 2. The van der Waals surface area contributed by atoms with Crippen LogP contribution in [0.4, 0.5) is 0 Å². The standard InChI is InChI=1S/C20H27N3OS/c1-4-19-21-14(2)17(22-19)13-23-11-7-8-15(12-23)20(24)16-9-5-6-10-18(16)25-3/h5-6,9-10,15H,4,7-8,11-13H2,1-3H3,(H,21,22). The molecule has 0 spiro atoms. The molecule has 0 amide bonds. The van der Waals surface area contributed by atoms with Gasteiger partial charge in [-0.15, -0.1) is 11.8 Å². The van der Waals surface area contributed by atoms with Crippen LogP contribution in [0.3, 0.4) is 0 Å². The topological polar surface area (TPSA) is 49.0 Å². The number of carbonyl (C=O) groups is 1. The lowest BCUT2D eigenvalue weighted by Crippen LogP contribution is -2.38. The van der Waals surface area contributed by atoms with E-state index in [-0.39, 0.29) is 5.92 Å². The zero-order valence-electron chi connectivity index (χ0n) is 15.3. The number of carbonyl (C=O) groups excluding carboxylic acids is 1. The molecular formula is C20H27N3OS. The van der Waals surface area contributed by atoms with E-state index in [1.54, 1.807) is 11.8 Å². The average molecular weight is 358 g/mol. The van der Waals surface area contributed by atoms with Gasteiger partial charge >= 0.3 is 0 Å². The van der Waals surface area contributed by atoms with Gasteiger partial charge in [-0.2, -0.15) is 0 Å². The second-order valence-corrected chi connectivity index (χ2v) is 7.60. The Morgan fingerprint density at radius 1 is 1.40 bits per heavy atom. The largest absolute Gasteiger partial charge is 0.346 e. The Labute approximate surface area is 154 Å². The molecule has 2 heterocycles. The molecule has 1 fully saturated rings. The van der Waals surface area contributed by atoms with Crippen LogP contribution in [-0.2, 0) is 13.0 Å². The van der Waals surface area contributed by atoms with Crippen molar-refractivity contribution in [3.8, 4) is 0 Å². The second-order valence-electron chi connectivity index (χ2n) is 6.75. The van der Waals surface area contributed by atoms with Crippen LogP contribution in [-0.4, -0.2) is 40.0 Å². The number of hydrogen-bond acceptors (Lipinski definition) is 4. The van der Waals surface area contributed by atoms with Crippen LogP contribution in [0, 0.1) is 12.8 Å². The van der Waals surface area contributed by atoms with Crippen molar-refractivity contribution < 1.29 is 4.79 Å². The van der Waals surface area contributed by atoms with E-state index in [9.17, 15) is 4.79 Å². The number of ketones is 1. The van der Waals surface area contributed by atoms with Crippen molar-refractivity contribution in [2.45, 2.75) is 44.6 Å². The molecule has 1 aromatic heterocycles. The van der Waals surface area contributed by atoms with Gasteiger partial charge in [-0.1, -0.05) is 25.1 Å². The highest BCUT2D eigenvalue weighted by Crippen LogP contribution is 2.27. The van der Waals surface area contributed by atoms with E-state index < -0.39 is 0 Å². The smallest absolute Gasteiger partial charge is 0.168 e. The van der Waals surface area contributed by atoms with Crippen molar-refractivity contribution in [3.05, 3.63) is 47.0 Å². The number of H-pyrrole nitrogens is 1. The number of rotatable bonds is 6. The molecule has 1 saturated heterocycles. The first-order valence-electron chi connectivity index (χ1n) is 9.06. The van der Waals surface area contributed by atoms with Gasteiger partial charge in [-0.3, -0.25) is 9.69 Å². The van der Waals surface area contributed by atoms with Gasteiger partial charge in [-0.25, -0.2) is 4.98 Å². The number of piperidine rings is 1. The van der Waals surface area contributed by atoms with E-state index in [2.05, 4.69) is 23.7 Å². The zero-order valence-corrected chi connectivity index (χ0v) is 16.2. The first-order valence-corrected chi connectivity index (χ1v) is 10.3. The predicted molar refractivity (Wildman–Crippen MR) is 103 cm³/mol. The molecule has 0 aliphatic carbocycles. The summed E-state index contributed by atoms with van der Waals surface area (Å²) >= 11 is 1.65. The van der Waals surface area contributed by atoms with Crippen molar-refractivity contribution in [1.29, 1.82) is 0 Å². The summed E-state index contributed by atoms with van der Waals surface area (Å²) in [6.45, 7) is 6.90. The Morgan fingerprint density at radius 2 is 2.20 bits per heavy atom. The molecule has 2 aromatic rings. The van der Waals surface area contributed by atoms with E-state index in [0.717, 1.165) is 66.6 Å². The molecule has 25 heavy (non-hydrogen) atoms. The molecule has 0 saturated carbocycles. The zero-order chi connectivity index (χ0) is 17.8.